The first kappa shape index (κ1) is 12.4. The fourth-order valence-electron chi connectivity index (χ4n) is 1.02. The van der Waals surface area contributed by atoms with E-state index >= 15 is 0 Å². The van der Waals surface area contributed by atoms with Crippen molar-refractivity contribution in [3.63, 3.8) is 0 Å². The van der Waals surface area contributed by atoms with Gasteiger partial charge in [0.2, 0.25) is 5.96 Å². The zero-order valence-electron chi connectivity index (χ0n) is 8.50. The van der Waals surface area contributed by atoms with Crippen molar-refractivity contribution in [1.29, 1.82) is 0 Å². The first-order valence-electron chi connectivity index (χ1n) is 4.28. The molecule has 0 radical (unpaired) electrons. The molecule has 9 heteroatoms. The standard InChI is InChI=1S/C8H9FN6O2/c9-4-1-2-5(6(3-4)15(16)17)13-8(12)14-7(10)11/h1-3H,(H6,10,11,12,13,14). The summed E-state index contributed by atoms with van der Waals surface area (Å²) in [4.78, 5) is 16.8. The number of aliphatic imine (C=N–C) groups is 2. The Morgan fingerprint density at radius 1 is 1.35 bits per heavy atom. The van der Waals surface area contributed by atoms with Gasteiger partial charge in [-0.3, -0.25) is 10.1 Å². The third kappa shape index (κ3) is 3.41. The predicted molar refractivity (Wildman–Crippen MR) is 60.1 cm³/mol. The van der Waals surface area contributed by atoms with Crippen LogP contribution in [0, 0.1) is 15.9 Å². The lowest BCUT2D eigenvalue weighted by Crippen LogP contribution is -2.26. The minimum Gasteiger partial charge on any atom is -0.370 e. The number of nitrogens with two attached hydrogens (primary N) is 3. The van der Waals surface area contributed by atoms with Gasteiger partial charge in [0.15, 0.2) is 5.96 Å². The number of benzene rings is 1. The van der Waals surface area contributed by atoms with E-state index in [0.717, 1.165) is 18.2 Å². The lowest BCUT2D eigenvalue weighted by Gasteiger charge is -1.98. The average molecular weight is 240 g/mol. The van der Waals surface area contributed by atoms with E-state index in [-0.39, 0.29) is 17.6 Å². The molecule has 0 spiro atoms. The van der Waals surface area contributed by atoms with Crippen LogP contribution in [0.5, 0.6) is 0 Å². The van der Waals surface area contributed by atoms with E-state index in [1.165, 1.54) is 0 Å². The molecule has 90 valence electrons. The molecule has 6 N–H and O–H groups in total. The van der Waals surface area contributed by atoms with Crippen molar-refractivity contribution >= 4 is 23.3 Å². The first-order chi connectivity index (χ1) is 7.90. The molecule has 17 heavy (non-hydrogen) atoms. The molecule has 0 bridgehead atoms. The monoisotopic (exact) mass is 240 g/mol. The van der Waals surface area contributed by atoms with Crippen LogP contribution in [0.15, 0.2) is 28.2 Å². The van der Waals surface area contributed by atoms with Crippen molar-refractivity contribution in [3.8, 4) is 0 Å². The lowest BCUT2D eigenvalue weighted by molar-refractivity contribution is -0.384. The highest BCUT2D eigenvalue weighted by atomic mass is 19.1. The number of hydrogen-bond acceptors (Lipinski definition) is 3. The highest BCUT2D eigenvalue weighted by molar-refractivity contribution is 5.94. The zero-order valence-corrected chi connectivity index (χ0v) is 8.50. The van der Waals surface area contributed by atoms with Crippen LogP contribution in [-0.4, -0.2) is 16.8 Å². The highest BCUT2D eigenvalue weighted by Crippen LogP contribution is 2.27. The summed E-state index contributed by atoms with van der Waals surface area (Å²) < 4.78 is 12.8. The third-order valence-corrected chi connectivity index (χ3v) is 1.61. The van der Waals surface area contributed by atoms with Crippen LogP contribution in [-0.2, 0) is 0 Å². The van der Waals surface area contributed by atoms with Crippen molar-refractivity contribution in [3.05, 3.63) is 34.1 Å². The first-order valence-corrected chi connectivity index (χ1v) is 4.28. The molecule has 8 nitrogen and oxygen atoms in total. The molecule has 0 aliphatic heterocycles. The molecular weight excluding hydrogens is 231 g/mol. The normalized spacial score (nSPS) is 11.0. The molecule has 0 unspecified atom stereocenters. The van der Waals surface area contributed by atoms with Gasteiger partial charge in [-0.25, -0.2) is 9.38 Å². The summed E-state index contributed by atoms with van der Waals surface area (Å²) in [6.45, 7) is 0. The van der Waals surface area contributed by atoms with E-state index in [0.29, 0.717) is 0 Å². The van der Waals surface area contributed by atoms with E-state index in [4.69, 9.17) is 17.2 Å². The fourth-order valence-corrected chi connectivity index (χ4v) is 1.02. The van der Waals surface area contributed by atoms with Gasteiger partial charge in [-0.2, -0.15) is 4.99 Å². The van der Waals surface area contributed by atoms with Crippen molar-refractivity contribution in [2.75, 3.05) is 0 Å². The zero-order chi connectivity index (χ0) is 13.0. The molecule has 1 aromatic carbocycles. The Hall–Kier alpha value is -2.71. The number of nitrogens with zero attached hydrogens (tertiary/aromatic N) is 3. The molecule has 1 aromatic rings. The molecule has 0 saturated heterocycles. The van der Waals surface area contributed by atoms with Gasteiger partial charge in [0.05, 0.1) is 11.0 Å². The van der Waals surface area contributed by atoms with Crippen LogP contribution in [0.3, 0.4) is 0 Å². The number of halogens is 1. The van der Waals surface area contributed by atoms with Crippen LogP contribution >= 0.6 is 0 Å². The molecule has 0 amide bonds. The summed E-state index contributed by atoms with van der Waals surface area (Å²) >= 11 is 0. The lowest BCUT2D eigenvalue weighted by atomic mass is 10.2. The second kappa shape index (κ2) is 4.88. The number of nitro benzene ring substituents is 1. The summed E-state index contributed by atoms with van der Waals surface area (Å²) in [5, 5.41) is 10.6. The molecule has 0 aliphatic rings. The van der Waals surface area contributed by atoms with Crippen LogP contribution in [0.2, 0.25) is 0 Å². The van der Waals surface area contributed by atoms with E-state index in [1.807, 2.05) is 0 Å². The van der Waals surface area contributed by atoms with Crippen LogP contribution in [0.1, 0.15) is 0 Å². The maximum absolute atomic E-state index is 12.8. The van der Waals surface area contributed by atoms with Crippen molar-refractivity contribution in [1.82, 2.24) is 0 Å². The summed E-state index contributed by atoms with van der Waals surface area (Å²) in [5.74, 6) is -1.45. The van der Waals surface area contributed by atoms with Gasteiger partial charge in [0, 0.05) is 0 Å². The van der Waals surface area contributed by atoms with Gasteiger partial charge in [0.1, 0.15) is 11.5 Å². The summed E-state index contributed by atoms with van der Waals surface area (Å²) in [5.41, 5.74) is 14.7. The quantitative estimate of drug-likeness (QED) is 0.287. The third-order valence-electron chi connectivity index (χ3n) is 1.61. The number of nitro groups is 1. The Labute approximate surface area is 94.8 Å². The second-order valence-corrected chi connectivity index (χ2v) is 2.90. The summed E-state index contributed by atoms with van der Waals surface area (Å²) in [6.07, 6.45) is 0. The maximum atomic E-state index is 12.8. The van der Waals surface area contributed by atoms with Crippen molar-refractivity contribution in [2.45, 2.75) is 0 Å². The van der Waals surface area contributed by atoms with Crippen LogP contribution in [0.4, 0.5) is 15.8 Å². The van der Waals surface area contributed by atoms with Crippen molar-refractivity contribution in [2.24, 2.45) is 27.2 Å². The SMILES string of the molecule is NC(N)=NC(N)=Nc1ccc(F)cc1[N+](=O)[O-]. The largest absolute Gasteiger partial charge is 0.370 e. The molecular formula is C8H9FN6O2. The number of hydrogen-bond donors (Lipinski definition) is 3. The second-order valence-electron chi connectivity index (χ2n) is 2.90. The van der Waals surface area contributed by atoms with Crippen LogP contribution in [0.25, 0.3) is 0 Å². The topological polar surface area (TPSA) is 146 Å². The number of guanidine groups is 2. The number of rotatable bonds is 2. The smallest absolute Gasteiger partial charge is 0.297 e. The Bertz CT molecular complexity index is 509. The van der Waals surface area contributed by atoms with Gasteiger partial charge >= 0.3 is 0 Å². The predicted octanol–water partition coefficient (Wildman–Crippen LogP) is -0.0465. The van der Waals surface area contributed by atoms with Gasteiger partial charge in [-0.1, -0.05) is 0 Å². The average Bonchev–Trinajstić information content (AvgIpc) is 2.19. The summed E-state index contributed by atoms with van der Waals surface area (Å²) in [6, 6.07) is 2.83. The van der Waals surface area contributed by atoms with E-state index in [1.54, 1.807) is 0 Å². The van der Waals surface area contributed by atoms with E-state index < -0.39 is 16.4 Å². The molecule has 1 rings (SSSR count). The van der Waals surface area contributed by atoms with Crippen molar-refractivity contribution < 1.29 is 9.31 Å². The minimum absolute atomic E-state index is 0.140. The molecule has 0 atom stereocenters. The Kier molecular flexibility index (Phi) is 3.55. The highest BCUT2D eigenvalue weighted by Gasteiger charge is 2.14. The minimum atomic E-state index is -0.787. The molecule has 0 aliphatic carbocycles. The molecule has 0 saturated carbocycles. The van der Waals surface area contributed by atoms with E-state index in [9.17, 15) is 14.5 Å². The fraction of sp³-hybridized carbons (Fsp3) is 0. The molecule has 0 aromatic heterocycles. The van der Waals surface area contributed by atoms with Gasteiger partial charge in [0.25, 0.3) is 5.69 Å². The van der Waals surface area contributed by atoms with Gasteiger partial charge in [-0.15, -0.1) is 0 Å². The van der Waals surface area contributed by atoms with Gasteiger partial charge < -0.3 is 17.2 Å². The molecule has 0 fully saturated rings. The Balaban J connectivity index is 3.23. The Morgan fingerprint density at radius 3 is 2.53 bits per heavy atom. The maximum Gasteiger partial charge on any atom is 0.297 e. The van der Waals surface area contributed by atoms with E-state index in [2.05, 4.69) is 9.98 Å². The molecule has 0 heterocycles. The van der Waals surface area contributed by atoms with Gasteiger partial charge in [-0.05, 0) is 12.1 Å². The van der Waals surface area contributed by atoms with Crippen LogP contribution < -0.4 is 17.2 Å². The Morgan fingerprint density at radius 2 is 2.00 bits per heavy atom. The summed E-state index contributed by atoms with van der Waals surface area (Å²) in [7, 11) is 0.